The minimum Gasteiger partial charge on any atom is -0.493 e. The van der Waals surface area contributed by atoms with E-state index in [1.54, 1.807) is 23.6 Å². The van der Waals surface area contributed by atoms with Crippen LogP contribution in [0.15, 0.2) is 23.6 Å². The van der Waals surface area contributed by atoms with E-state index >= 15 is 0 Å². The molecule has 0 saturated heterocycles. The molecule has 0 unspecified atom stereocenters. The molecule has 1 aromatic carbocycles. The topological polar surface area (TPSA) is 102 Å². The maximum absolute atomic E-state index is 13.1. The van der Waals surface area contributed by atoms with E-state index in [0.29, 0.717) is 39.8 Å². The quantitative estimate of drug-likeness (QED) is 0.661. The number of carbonyl (C=O) groups is 2. The van der Waals surface area contributed by atoms with Crippen LogP contribution in [0.25, 0.3) is 0 Å². The van der Waals surface area contributed by atoms with Crippen molar-refractivity contribution in [1.29, 1.82) is 0 Å². The molecule has 10 heteroatoms. The van der Waals surface area contributed by atoms with E-state index in [-0.39, 0.29) is 24.1 Å². The number of methoxy groups -OCH3 is 1. The van der Waals surface area contributed by atoms with Gasteiger partial charge < -0.3 is 19.7 Å². The van der Waals surface area contributed by atoms with E-state index in [1.165, 1.54) is 30.3 Å². The van der Waals surface area contributed by atoms with Gasteiger partial charge in [-0.05, 0) is 24.6 Å². The summed E-state index contributed by atoms with van der Waals surface area (Å²) in [7, 11) is -1.88. The number of amides is 2. The minimum absolute atomic E-state index is 0.212. The van der Waals surface area contributed by atoms with Gasteiger partial charge in [0.05, 0.1) is 42.6 Å². The van der Waals surface area contributed by atoms with E-state index in [9.17, 15) is 18.0 Å². The second kappa shape index (κ2) is 8.65. The first-order valence-electron chi connectivity index (χ1n) is 9.32. The van der Waals surface area contributed by atoms with E-state index in [1.807, 2.05) is 6.92 Å². The van der Waals surface area contributed by atoms with E-state index < -0.39 is 15.9 Å². The zero-order valence-electron chi connectivity index (χ0n) is 17.2. The van der Waals surface area contributed by atoms with Gasteiger partial charge in [0.2, 0.25) is 5.91 Å². The molecular weight excluding hydrogens is 428 g/mol. The van der Waals surface area contributed by atoms with Crippen molar-refractivity contribution in [3.63, 3.8) is 0 Å². The number of hydrogen-bond donors (Lipinski definition) is 1. The van der Waals surface area contributed by atoms with Crippen molar-refractivity contribution in [2.75, 3.05) is 31.0 Å². The molecule has 0 saturated carbocycles. The Hall–Kier alpha value is -2.59. The number of ether oxygens (including phenoxy) is 2. The third-order valence-electron chi connectivity index (χ3n) is 4.70. The number of hydrogen-bond acceptors (Lipinski definition) is 7. The lowest BCUT2D eigenvalue weighted by molar-refractivity contribution is -0.114. The van der Waals surface area contributed by atoms with Crippen molar-refractivity contribution in [2.24, 2.45) is 0 Å². The van der Waals surface area contributed by atoms with Gasteiger partial charge in [-0.15, -0.1) is 11.3 Å². The number of benzene rings is 1. The van der Waals surface area contributed by atoms with Crippen LogP contribution in [0.2, 0.25) is 0 Å². The zero-order chi connectivity index (χ0) is 22.1. The molecule has 0 bridgehead atoms. The van der Waals surface area contributed by atoms with Gasteiger partial charge in [-0.2, -0.15) is 0 Å². The van der Waals surface area contributed by atoms with Crippen LogP contribution in [0.3, 0.4) is 0 Å². The lowest BCUT2D eigenvalue weighted by atomic mass is 10.1. The van der Waals surface area contributed by atoms with E-state index in [0.717, 1.165) is 6.26 Å². The number of carbonyl (C=O) groups excluding carboxylic acids is 2. The smallest absolute Gasteiger partial charge is 0.265 e. The summed E-state index contributed by atoms with van der Waals surface area (Å²) in [6.07, 6.45) is 1.14. The fourth-order valence-electron chi connectivity index (χ4n) is 3.46. The summed E-state index contributed by atoms with van der Waals surface area (Å²) < 4.78 is 35.3. The number of anilines is 1. The Morgan fingerprint density at radius 1 is 1.33 bits per heavy atom. The molecule has 2 heterocycles. The van der Waals surface area contributed by atoms with Crippen LogP contribution in [0.4, 0.5) is 5.69 Å². The van der Waals surface area contributed by atoms with Gasteiger partial charge in [-0.3, -0.25) is 9.59 Å². The van der Waals surface area contributed by atoms with Crippen LogP contribution in [-0.4, -0.2) is 50.9 Å². The maximum atomic E-state index is 13.1. The lowest BCUT2D eigenvalue weighted by Crippen LogP contribution is -2.33. The van der Waals surface area contributed by atoms with Crippen LogP contribution in [0, 0.1) is 0 Å². The average molecular weight is 453 g/mol. The molecule has 1 aliphatic rings. The third-order valence-corrected chi connectivity index (χ3v) is 6.63. The molecule has 0 spiro atoms. The molecule has 0 fully saturated rings. The molecule has 0 radical (unpaired) electrons. The molecule has 2 amide bonds. The Morgan fingerprint density at radius 3 is 2.67 bits per heavy atom. The van der Waals surface area contributed by atoms with Gasteiger partial charge in [0.15, 0.2) is 11.5 Å². The third kappa shape index (κ3) is 4.59. The highest BCUT2D eigenvalue weighted by Gasteiger charge is 2.38. The maximum Gasteiger partial charge on any atom is 0.265 e. The van der Waals surface area contributed by atoms with Gasteiger partial charge in [0, 0.05) is 24.1 Å². The molecule has 30 heavy (non-hydrogen) atoms. The van der Waals surface area contributed by atoms with Crippen molar-refractivity contribution in [1.82, 2.24) is 4.90 Å². The summed E-state index contributed by atoms with van der Waals surface area (Å²) in [5.74, 6) is 0.288. The van der Waals surface area contributed by atoms with Gasteiger partial charge in [0.25, 0.3) is 5.91 Å². The van der Waals surface area contributed by atoms with Crippen molar-refractivity contribution in [2.45, 2.75) is 26.4 Å². The standard InChI is InChI=1S/C20H24N2O6S2/c1-5-28-18-8-13(6-7-17(18)27-3)16(11-30(4,25)26)22-9-14-15(21-12(2)23)10-29-19(14)20(22)24/h6-8,10,16H,5,9,11H2,1-4H3,(H,21,23)/t16-/m1/s1. The first-order valence-corrected chi connectivity index (χ1v) is 12.3. The minimum atomic E-state index is -3.40. The Morgan fingerprint density at radius 2 is 2.07 bits per heavy atom. The SMILES string of the molecule is CCOc1cc([C@@H](CS(C)(=O)=O)N2Cc3c(NC(C)=O)csc3C2=O)ccc1OC. The predicted molar refractivity (Wildman–Crippen MR) is 115 cm³/mol. The highest BCUT2D eigenvalue weighted by Crippen LogP contribution is 2.41. The van der Waals surface area contributed by atoms with Gasteiger partial charge in [-0.25, -0.2) is 8.42 Å². The van der Waals surface area contributed by atoms with Crippen molar-refractivity contribution >= 4 is 38.7 Å². The van der Waals surface area contributed by atoms with Crippen LogP contribution in [-0.2, 0) is 21.2 Å². The first-order chi connectivity index (χ1) is 14.1. The predicted octanol–water partition coefficient (Wildman–Crippen LogP) is 2.86. The summed E-state index contributed by atoms with van der Waals surface area (Å²) in [6, 6.07) is 4.45. The molecule has 1 aliphatic heterocycles. The van der Waals surface area contributed by atoms with Crippen LogP contribution in [0.5, 0.6) is 11.5 Å². The van der Waals surface area contributed by atoms with Crippen LogP contribution >= 0.6 is 11.3 Å². The molecule has 162 valence electrons. The number of sulfone groups is 1. The number of thiophene rings is 1. The van der Waals surface area contributed by atoms with Gasteiger partial charge in [0.1, 0.15) is 9.84 Å². The zero-order valence-corrected chi connectivity index (χ0v) is 18.9. The normalized spacial score (nSPS) is 14.4. The summed E-state index contributed by atoms with van der Waals surface area (Å²) in [5.41, 5.74) is 1.92. The largest absolute Gasteiger partial charge is 0.493 e. The molecule has 0 aliphatic carbocycles. The highest BCUT2D eigenvalue weighted by molar-refractivity contribution is 7.90. The lowest BCUT2D eigenvalue weighted by Gasteiger charge is -2.28. The van der Waals surface area contributed by atoms with Gasteiger partial charge in [-0.1, -0.05) is 6.07 Å². The van der Waals surface area contributed by atoms with E-state index in [2.05, 4.69) is 5.32 Å². The molecule has 1 atom stereocenters. The highest BCUT2D eigenvalue weighted by atomic mass is 32.2. The van der Waals surface area contributed by atoms with Crippen molar-refractivity contribution in [3.05, 3.63) is 39.6 Å². The number of nitrogens with zero attached hydrogens (tertiary/aromatic N) is 1. The van der Waals surface area contributed by atoms with Crippen molar-refractivity contribution < 1.29 is 27.5 Å². The molecular formula is C20H24N2O6S2. The summed E-state index contributed by atoms with van der Waals surface area (Å²) in [5, 5.41) is 4.46. The number of nitrogens with one attached hydrogen (secondary N) is 1. The van der Waals surface area contributed by atoms with Crippen LogP contribution in [0.1, 0.15) is 40.7 Å². The Kier molecular flexibility index (Phi) is 6.37. The van der Waals surface area contributed by atoms with Crippen LogP contribution < -0.4 is 14.8 Å². The molecule has 1 N–H and O–H groups in total. The summed E-state index contributed by atoms with van der Waals surface area (Å²) in [6.45, 7) is 3.86. The Bertz CT molecular complexity index is 1080. The molecule has 3 rings (SSSR count). The fourth-order valence-corrected chi connectivity index (χ4v) is 5.38. The molecule has 1 aromatic heterocycles. The summed E-state index contributed by atoms with van der Waals surface area (Å²) >= 11 is 1.24. The fraction of sp³-hybridized carbons (Fsp3) is 0.400. The molecule has 2 aromatic rings. The van der Waals surface area contributed by atoms with E-state index in [4.69, 9.17) is 9.47 Å². The average Bonchev–Trinajstić information content (AvgIpc) is 3.19. The summed E-state index contributed by atoms with van der Waals surface area (Å²) in [4.78, 5) is 26.6. The molecule has 8 nitrogen and oxygen atoms in total. The van der Waals surface area contributed by atoms with Gasteiger partial charge >= 0.3 is 0 Å². The Balaban J connectivity index is 2.01. The second-order valence-electron chi connectivity index (χ2n) is 7.02. The monoisotopic (exact) mass is 452 g/mol. The Labute approximate surface area is 179 Å². The first kappa shape index (κ1) is 22.1. The number of rotatable bonds is 8. The second-order valence-corrected chi connectivity index (χ2v) is 10.1. The number of fused-ring (bicyclic) bond motifs is 1. The van der Waals surface area contributed by atoms with Crippen molar-refractivity contribution in [3.8, 4) is 11.5 Å².